The van der Waals surface area contributed by atoms with Gasteiger partial charge in [0.05, 0.1) is 11.9 Å². The van der Waals surface area contributed by atoms with E-state index < -0.39 is 6.67 Å². The Morgan fingerprint density at radius 3 is 2.86 bits per heavy atom. The Labute approximate surface area is 81.0 Å². The molecule has 2 rings (SSSR count). The first-order valence-corrected chi connectivity index (χ1v) is 4.26. The van der Waals surface area contributed by atoms with Crippen LogP contribution < -0.4 is 5.73 Å². The number of anilines is 1. The second kappa shape index (κ2) is 3.49. The standard InChI is InChI=1S/C10H10FN3/c11-7-8-2-1-3-9(6-8)14-10(12)4-5-13-14/h1-6H,7,12H2. The summed E-state index contributed by atoms with van der Waals surface area (Å²) < 4.78 is 14.0. The molecule has 0 saturated carbocycles. The van der Waals surface area contributed by atoms with Crippen molar-refractivity contribution in [2.75, 3.05) is 5.73 Å². The summed E-state index contributed by atoms with van der Waals surface area (Å²) >= 11 is 0. The molecule has 72 valence electrons. The maximum atomic E-state index is 12.4. The van der Waals surface area contributed by atoms with Crippen LogP contribution in [-0.2, 0) is 6.67 Å². The Morgan fingerprint density at radius 1 is 1.36 bits per heavy atom. The molecule has 2 N–H and O–H groups in total. The van der Waals surface area contributed by atoms with Crippen molar-refractivity contribution in [1.82, 2.24) is 9.78 Å². The zero-order chi connectivity index (χ0) is 9.97. The third kappa shape index (κ3) is 1.46. The molecular formula is C10H10FN3. The highest BCUT2D eigenvalue weighted by molar-refractivity contribution is 5.42. The molecule has 14 heavy (non-hydrogen) atoms. The van der Waals surface area contributed by atoms with E-state index in [-0.39, 0.29) is 0 Å². The molecule has 0 aliphatic heterocycles. The van der Waals surface area contributed by atoms with Crippen LogP contribution in [-0.4, -0.2) is 9.78 Å². The lowest BCUT2D eigenvalue weighted by Gasteiger charge is -2.04. The van der Waals surface area contributed by atoms with Gasteiger partial charge in [-0.3, -0.25) is 0 Å². The van der Waals surface area contributed by atoms with Gasteiger partial charge in [-0.1, -0.05) is 12.1 Å². The first-order valence-electron chi connectivity index (χ1n) is 4.26. The zero-order valence-corrected chi connectivity index (χ0v) is 7.52. The minimum absolute atomic E-state index is 0.477. The molecule has 0 atom stereocenters. The normalized spacial score (nSPS) is 10.4. The number of nitrogens with zero attached hydrogens (tertiary/aromatic N) is 2. The molecule has 3 nitrogen and oxygen atoms in total. The van der Waals surface area contributed by atoms with E-state index in [0.717, 1.165) is 5.69 Å². The number of halogens is 1. The summed E-state index contributed by atoms with van der Waals surface area (Å²) in [5.41, 5.74) is 7.07. The molecule has 1 aromatic carbocycles. The summed E-state index contributed by atoms with van der Waals surface area (Å²) in [4.78, 5) is 0. The quantitative estimate of drug-likeness (QED) is 0.788. The van der Waals surface area contributed by atoms with Gasteiger partial charge in [0.2, 0.25) is 0 Å². The van der Waals surface area contributed by atoms with Gasteiger partial charge < -0.3 is 5.73 Å². The SMILES string of the molecule is Nc1ccnn1-c1cccc(CF)c1. The lowest BCUT2D eigenvalue weighted by atomic mass is 10.2. The Bertz CT molecular complexity index is 436. The lowest BCUT2D eigenvalue weighted by molar-refractivity contribution is 0.485. The average Bonchev–Trinajstić information content (AvgIpc) is 2.65. The summed E-state index contributed by atoms with van der Waals surface area (Å²) in [6.45, 7) is -0.477. The zero-order valence-electron chi connectivity index (χ0n) is 7.52. The highest BCUT2D eigenvalue weighted by atomic mass is 19.1. The lowest BCUT2D eigenvalue weighted by Crippen LogP contribution is -2.01. The van der Waals surface area contributed by atoms with Gasteiger partial charge in [-0.2, -0.15) is 5.10 Å². The fourth-order valence-corrected chi connectivity index (χ4v) is 1.30. The first kappa shape index (κ1) is 8.74. The number of nitrogens with two attached hydrogens (primary N) is 1. The number of alkyl halides is 1. The van der Waals surface area contributed by atoms with E-state index >= 15 is 0 Å². The van der Waals surface area contributed by atoms with Crippen molar-refractivity contribution < 1.29 is 4.39 Å². The number of benzene rings is 1. The van der Waals surface area contributed by atoms with E-state index in [2.05, 4.69) is 5.10 Å². The molecule has 0 bridgehead atoms. The summed E-state index contributed by atoms with van der Waals surface area (Å²) in [7, 11) is 0. The van der Waals surface area contributed by atoms with Crippen molar-refractivity contribution in [2.45, 2.75) is 6.67 Å². The number of aromatic nitrogens is 2. The molecule has 0 radical (unpaired) electrons. The Balaban J connectivity index is 2.47. The molecule has 0 spiro atoms. The van der Waals surface area contributed by atoms with Gasteiger partial charge in [-0.25, -0.2) is 9.07 Å². The van der Waals surface area contributed by atoms with Crippen molar-refractivity contribution in [3.63, 3.8) is 0 Å². The van der Waals surface area contributed by atoms with Crippen LogP contribution in [0.15, 0.2) is 36.5 Å². The van der Waals surface area contributed by atoms with E-state index in [0.29, 0.717) is 11.4 Å². The van der Waals surface area contributed by atoms with Gasteiger partial charge in [-0.05, 0) is 17.7 Å². The highest BCUT2D eigenvalue weighted by Gasteiger charge is 2.01. The van der Waals surface area contributed by atoms with E-state index in [4.69, 9.17) is 5.73 Å². The van der Waals surface area contributed by atoms with Crippen molar-refractivity contribution >= 4 is 5.82 Å². The maximum absolute atomic E-state index is 12.4. The summed E-state index contributed by atoms with van der Waals surface area (Å²) in [6, 6.07) is 8.77. The molecule has 0 fully saturated rings. The average molecular weight is 191 g/mol. The van der Waals surface area contributed by atoms with E-state index in [1.807, 2.05) is 6.07 Å². The first-order chi connectivity index (χ1) is 6.81. The second-order valence-electron chi connectivity index (χ2n) is 2.97. The third-order valence-corrected chi connectivity index (χ3v) is 1.98. The van der Waals surface area contributed by atoms with Gasteiger partial charge in [-0.15, -0.1) is 0 Å². The van der Waals surface area contributed by atoms with Crippen LogP contribution in [0.3, 0.4) is 0 Å². The molecule has 2 aromatic rings. The van der Waals surface area contributed by atoms with Crippen LogP contribution in [0.2, 0.25) is 0 Å². The maximum Gasteiger partial charge on any atom is 0.127 e. The molecule has 0 unspecified atom stereocenters. The molecule has 0 saturated heterocycles. The van der Waals surface area contributed by atoms with Crippen LogP contribution in [0.25, 0.3) is 5.69 Å². The van der Waals surface area contributed by atoms with E-state index in [1.54, 1.807) is 35.1 Å². The largest absolute Gasteiger partial charge is 0.384 e. The predicted molar refractivity (Wildman–Crippen MR) is 52.8 cm³/mol. The molecule has 0 amide bonds. The van der Waals surface area contributed by atoms with Crippen LogP contribution >= 0.6 is 0 Å². The minimum Gasteiger partial charge on any atom is -0.384 e. The van der Waals surface area contributed by atoms with Gasteiger partial charge in [0.1, 0.15) is 12.5 Å². The number of hydrogen-bond donors (Lipinski definition) is 1. The number of rotatable bonds is 2. The predicted octanol–water partition coefficient (Wildman–Crippen LogP) is 1.92. The smallest absolute Gasteiger partial charge is 0.127 e. The fourth-order valence-electron chi connectivity index (χ4n) is 1.30. The molecular weight excluding hydrogens is 181 g/mol. The van der Waals surface area contributed by atoms with Crippen molar-refractivity contribution in [2.24, 2.45) is 0 Å². The Kier molecular flexibility index (Phi) is 2.18. The third-order valence-electron chi connectivity index (χ3n) is 1.98. The Hall–Kier alpha value is -1.84. The molecule has 1 aromatic heterocycles. The van der Waals surface area contributed by atoms with Crippen molar-refractivity contribution in [1.29, 1.82) is 0 Å². The number of nitrogen functional groups attached to an aromatic ring is 1. The molecule has 0 aliphatic carbocycles. The van der Waals surface area contributed by atoms with Crippen LogP contribution in [0.1, 0.15) is 5.56 Å². The van der Waals surface area contributed by atoms with Crippen molar-refractivity contribution in [3.8, 4) is 5.69 Å². The van der Waals surface area contributed by atoms with E-state index in [1.165, 1.54) is 0 Å². The van der Waals surface area contributed by atoms with Crippen LogP contribution in [0.4, 0.5) is 10.2 Å². The second-order valence-corrected chi connectivity index (χ2v) is 2.97. The minimum atomic E-state index is -0.477. The van der Waals surface area contributed by atoms with Crippen LogP contribution in [0.5, 0.6) is 0 Å². The highest BCUT2D eigenvalue weighted by Crippen LogP contribution is 2.14. The van der Waals surface area contributed by atoms with Crippen molar-refractivity contribution in [3.05, 3.63) is 42.1 Å². The number of hydrogen-bond acceptors (Lipinski definition) is 2. The van der Waals surface area contributed by atoms with Gasteiger partial charge in [0, 0.05) is 6.07 Å². The molecule has 1 heterocycles. The van der Waals surface area contributed by atoms with Crippen LogP contribution in [0, 0.1) is 0 Å². The summed E-state index contributed by atoms with van der Waals surface area (Å²) in [5.74, 6) is 0.543. The van der Waals surface area contributed by atoms with Gasteiger partial charge >= 0.3 is 0 Å². The van der Waals surface area contributed by atoms with Gasteiger partial charge in [0.25, 0.3) is 0 Å². The summed E-state index contributed by atoms with van der Waals surface area (Å²) in [5, 5.41) is 4.03. The summed E-state index contributed by atoms with van der Waals surface area (Å²) in [6.07, 6.45) is 1.61. The van der Waals surface area contributed by atoms with Gasteiger partial charge in [0.15, 0.2) is 0 Å². The fraction of sp³-hybridized carbons (Fsp3) is 0.100. The topological polar surface area (TPSA) is 43.8 Å². The Morgan fingerprint density at radius 2 is 2.21 bits per heavy atom. The monoisotopic (exact) mass is 191 g/mol. The molecule has 0 aliphatic rings. The molecule has 4 heteroatoms. The van der Waals surface area contributed by atoms with E-state index in [9.17, 15) is 4.39 Å².